The van der Waals surface area contributed by atoms with Crippen molar-refractivity contribution in [1.82, 2.24) is 5.32 Å². The van der Waals surface area contributed by atoms with Crippen LogP contribution in [0.25, 0.3) is 11.1 Å². The molecule has 0 heterocycles. The normalized spacial score (nSPS) is 10.9. The lowest BCUT2D eigenvalue weighted by molar-refractivity contribution is -0.137. The zero-order chi connectivity index (χ0) is 21.7. The number of alkyl halides is 3. The van der Waals surface area contributed by atoms with Crippen LogP contribution in [0.4, 0.5) is 29.3 Å². The first-order valence-electron chi connectivity index (χ1n) is 8.95. The minimum Gasteiger partial charge on any atom is -0.341 e. The number of amides is 3. The van der Waals surface area contributed by atoms with Crippen molar-refractivity contribution >= 4 is 23.3 Å². The van der Waals surface area contributed by atoms with E-state index in [1.807, 2.05) is 0 Å². The zero-order valence-electron chi connectivity index (χ0n) is 15.9. The Morgan fingerprint density at radius 2 is 1.33 bits per heavy atom. The summed E-state index contributed by atoms with van der Waals surface area (Å²) in [6.45, 7) is 0. The molecule has 0 bridgehead atoms. The molecule has 3 aromatic rings. The van der Waals surface area contributed by atoms with E-state index >= 15 is 0 Å². The molecule has 0 fully saturated rings. The van der Waals surface area contributed by atoms with Crippen LogP contribution in [0.1, 0.15) is 15.9 Å². The third kappa shape index (κ3) is 4.96. The van der Waals surface area contributed by atoms with Gasteiger partial charge in [0.15, 0.2) is 0 Å². The smallest absolute Gasteiger partial charge is 0.341 e. The quantitative estimate of drug-likeness (QED) is 0.538. The minimum absolute atomic E-state index is 0.324. The van der Waals surface area contributed by atoms with E-state index in [4.69, 9.17) is 0 Å². The maximum Gasteiger partial charge on any atom is 0.416 e. The van der Waals surface area contributed by atoms with Crippen molar-refractivity contribution in [3.8, 4) is 11.1 Å². The molecule has 3 amide bonds. The average Bonchev–Trinajstić information content (AvgIpc) is 2.74. The Hall–Kier alpha value is -3.81. The van der Waals surface area contributed by atoms with Crippen LogP contribution in [0.15, 0.2) is 72.8 Å². The molecule has 0 spiro atoms. The van der Waals surface area contributed by atoms with Gasteiger partial charge in [-0.15, -0.1) is 0 Å². The number of urea groups is 1. The summed E-state index contributed by atoms with van der Waals surface area (Å²) in [5.41, 5.74) is 1.64. The largest absolute Gasteiger partial charge is 0.416 e. The van der Waals surface area contributed by atoms with Crippen molar-refractivity contribution in [2.24, 2.45) is 0 Å². The van der Waals surface area contributed by atoms with E-state index in [9.17, 15) is 22.8 Å². The number of hydrogen-bond acceptors (Lipinski definition) is 2. The van der Waals surface area contributed by atoms with E-state index in [-0.39, 0.29) is 6.03 Å². The van der Waals surface area contributed by atoms with Crippen LogP contribution < -0.4 is 16.0 Å². The number of carbonyl (C=O) groups is 2. The second-order valence-electron chi connectivity index (χ2n) is 6.36. The highest BCUT2D eigenvalue weighted by Crippen LogP contribution is 2.32. The van der Waals surface area contributed by atoms with Gasteiger partial charge in [0.1, 0.15) is 0 Å². The summed E-state index contributed by atoms with van der Waals surface area (Å²) in [6.07, 6.45) is -4.42. The fraction of sp³-hybridized carbons (Fsp3) is 0.0909. The highest BCUT2D eigenvalue weighted by molar-refractivity contribution is 6.08. The lowest BCUT2D eigenvalue weighted by Gasteiger charge is -2.12. The summed E-state index contributed by atoms with van der Waals surface area (Å²) in [5.74, 6) is -0.405. The molecule has 8 heteroatoms. The average molecular weight is 413 g/mol. The van der Waals surface area contributed by atoms with Crippen molar-refractivity contribution in [2.45, 2.75) is 6.18 Å². The summed E-state index contributed by atoms with van der Waals surface area (Å²) < 4.78 is 38.4. The highest BCUT2D eigenvalue weighted by atomic mass is 19.4. The van der Waals surface area contributed by atoms with E-state index in [1.54, 1.807) is 48.5 Å². The van der Waals surface area contributed by atoms with E-state index < -0.39 is 17.6 Å². The molecule has 30 heavy (non-hydrogen) atoms. The van der Waals surface area contributed by atoms with Gasteiger partial charge in [-0.25, -0.2) is 4.79 Å². The predicted octanol–water partition coefficient (Wildman–Crippen LogP) is 5.38. The van der Waals surface area contributed by atoms with Gasteiger partial charge >= 0.3 is 12.2 Å². The monoisotopic (exact) mass is 413 g/mol. The molecule has 5 nitrogen and oxygen atoms in total. The molecule has 3 N–H and O–H groups in total. The van der Waals surface area contributed by atoms with Crippen molar-refractivity contribution in [3.63, 3.8) is 0 Å². The first kappa shape index (κ1) is 20.9. The Labute approximate surface area is 170 Å². The van der Waals surface area contributed by atoms with E-state index in [2.05, 4.69) is 16.0 Å². The molecule has 0 atom stereocenters. The van der Waals surface area contributed by atoms with Gasteiger partial charge in [0.05, 0.1) is 5.56 Å². The number of anilines is 2. The topological polar surface area (TPSA) is 70.2 Å². The van der Waals surface area contributed by atoms with Crippen molar-refractivity contribution < 1.29 is 22.8 Å². The first-order chi connectivity index (χ1) is 14.3. The van der Waals surface area contributed by atoms with Crippen LogP contribution in [0, 0.1) is 0 Å². The Morgan fingerprint density at radius 3 is 1.90 bits per heavy atom. The van der Waals surface area contributed by atoms with Crippen molar-refractivity contribution in [1.29, 1.82) is 0 Å². The fourth-order valence-electron chi connectivity index (χ4n) is 2.80. The number of benzene rings is 3. The standard InChI is InChI=1S/C22H18F3N3O2/c1-26-21(30)28-17-12-10-16(11-13-17)27-20(29)19-5-3-2-4-18(19)14-6-8-15(9-7-14)22(23,24)25/h2-13H,1H3,(H,27,29)(H2,26,28,30). The summed E-state index contributed by atoms with van der Waals surface area (Å²) >= 11 is 0. The molecule has 0 aliphatic heterocycles. The number of hydrogen-bond donors (Lipinski definition) is 3. The fourth-order valence-corrected chi connectivity index (χ4v) is 2.80. The summed E-state index contributed by atoms with van der Waals surface area (Å²) in [5, 5.41) is 7.79. The molecular formula is C22H18F3N3O2. The predicted molar refractivity (Wildman–Crippen MR) is 109 cm³/mol. The number of carbonyl (C=O) groups excluding carboxylic acids is 2. The van der Waals surface area contributed by atoms with Crippen molar-refractivity contribution in [3.05, 3.63) is 83.9 Å². The third-order valence-corrected chi connectivity index (χ3v) is 4.32. The molecule has 0 saturated carbocycles. The molecule has 0 aromatic heterocycles. The van der Waals surface area contributed by atoms with Crippen LogP contribution in [0.3, 0.4) is 0 Å². The molecular weight excluding hydrogens is 395 g/mol. The molecule has 154 valence electrons. The Bertz CT molecular complexity index is 1050. The van der Waals surface area contributed by atoms with E-state index in [0.717, 1.165) is 12.1 Å². The van der Waals surface area contributed by atoms with Gasteiger partial charge in [0, 0.05) is 24.0 Å². The van der Waals surface area contributed by atoms with Crippen LogP contribution in [-0.4, -0.2) is 19.0 Å². The number of nitrogens with one attached hydrogen (secondary N) is 3. The molecule has 3 rings (SSSR count). The molecule has 0 aliphatic rings. The van der Waals surface area contributed by atoms with E-state index in [0.29, 0.717) is 28.1 Å². The van der Waals surface area contributed by atoms with Crippen LogP contribution in [0.2, 0.25) is 0 Å². The van der Waals surface area contributed by atoms with Gasteiger partial charge in [-0.3, -0.25) is 4.79 Å². The second kappa shape index (κ2) is 8.69. The Morgan fingerprint density at radius 1 is 0.767 bits per heavy atom. The molecule has 0 unspecified atom stereocenters. The highest BCUT2D eigenvalue weighted by Gasteiger charge is 2.30. The van der Waals surface area contributed by atoms with Gasteiger partial charge < -0.3 is 16.0 Å². The van der Waals surface area contributed by atoms with Gasteiger partial charge in [-0.1, -0.05) is 30.3 Å². The SMILES string of the molecule is CNC(=O)Nc1ccc(NC(=O)c2ccccc2-c2ccc(C(F)(F)F)cc2)cc1. The van der Waals surface area contributed by atoms with Gasteiger partial charge in [0.25, 0.3) is 5.91 Å². The maximum atomic E-state index is 12.8. The second-order valence-corrected chi connectivity index (χ2v) is 6.36. The Kier molecular flexibility index (Phi) is 6.06. The molecule has 3 aromatic carbocycles. The lowest BCUT2D eigenvalue weighted by Crippen LogP contribution is -2.24. The first-order valence-corrected chi connectivity index (χ1v) is 8.95. The van der Waals surface area contributed by atoms with Gasteiger partial charge in [0.2, 0.25) is 0 Å². The summed E-state index contributed by atoms with van der Waals surface area (Å²) in [7, 11) is 1.50. The van der Waals surface area contributed by atoms with Crippen LogP contribution in [0.5, 0.6) is 0 Å². The Balaban J connectivity index is 1.80. The molecule has 0 aliphatic carbocycles. The van der Waals surface area contributed by atoms with Gasteiger partial charge in [-0.2, -0.15) is 13.2 Å². The van der Waals surface area contributed by atoms with Crippen LogP contribution in [-0.2, 0) is 6.18 Å². The third-order valence-electron chi connectivity index (χ3n) is 4.32. The number of halogens is 3. The summed E-state index contributed by atoms with van der Waals surface area (Å²) in [6, 6.07) is 17.5. The zero-order valence-corrected chi connectivity index (χ0v) is 15.9. The molecule has 0 radical (unpaired) electrons. The lowest BCUT2D eigenvalue weighted by atomic mass is 9.98. The maximum absolute atomic E-state index is 12.8. The minimum atomic E-state index is -4.42. The van der Waals surface area contributed by atoms with Gasteiger partial charge in [-0.05, 0) is 53.6 Å². The summed E-state index contributed by atoms with van der Waals surface area (Å²) in [4.78, 5) is 24.1. The number of rotatable bonds is 4. The van der Waals surface area contributed by atoms with E-state index in [1.165, 1.54) is 19.2 Å². The van der Waals surface area contributed by atoms with Crippen molar-refractivity contribution in [2.75, 3.05) is 17.7 Å². The molecule has 0 saturated heterocycles. The van der Waals surface area contributed by atoms with Crippen LogP contribution >= 0.6 is 0 Å².